The van der Waals surface area contributed by atoms with Crippen LogP contribution < -0.4 is 10.5 Å². The van der Waals surface area contributed by atoms with Crippen LogP contribution in [-0.4, -0.2) is 36.4 Å². The summed E-state index contributed by atoms with van der Waals surface area (Å²) < 4.78 is 6.51. The van der Waals surface area contributed by atoms with Gasteiger partial charge in [-0.25, -0.2) is 0 Å². The predicted molar refractivity (Wildman–Crippen MR) is 96.8 cm³/mol. The van der Waals surface area contributed by atoms with Gasteiger partial charge in [-0.15, -0.1) is 0 Å². The van der Waals surface area contributed by atoms with Crippen LogP contribution in [0.15, 0.2) is 22.7 Å². The highest BCUT2D eigenvalue weighted by atomic mass is 79.9. The number of ether oxygens (including phenoxy) is 1. The maximum atomic E-state index is 12.3. The highest BCUT2D eigenvalue weighted by Crippen LogP contribution is 2.31. The fraction of sp³-hybridized carbons (Fsp3) is 0.556. The van der Waals surface area contributed by atoms with Crippen molar-refractivity contribution in [3.05, 3.63) is 28.2 Å². The fourth-order valence-electron chi connectivity index (χ4n) is 2.73. The van der Waals surface area contributed by atoms with E-state index in [1.54, 1.807) is 4.90 Å². The Morgan fingerprint density at radius 2 is 1.92 bits per heavy atom. The molecule has 1 aromatic rings. The molecule has 0 aliphatic carbocycles. The number of halogens is 1. The van der Waals surface area contributed by atoms with Crippen LogP contribution in [0.3, 0.4) is 0 Å². The van der Waals surface area contributed by atoms with Crippen LogP contribution in [0.2, 0.25) is 0 Å². The van der Waals surface area contributed by atoms with Gasteiger partial charge in [0, 0.05) is 19.0 Å². The maximum Gasteiger partial charge on any atom is 0.260 e. The molecule has 1 heterocycles. The van der Waals surface area contributed by atoms with Crippen molar-refractivity contribution in [3.8, 4) is 5.75 Å². The molecule has 1 aromatic carbocycles. The van der Waals surface area contributed by atoms with Crippen molar-refractivity contribution in [2.24, 2.45) is 11.7 Å². The van der Waals surface area contributed by atoms with Crippen LogP contribution in [0.4, 0.5) is 0 Å². The Morgan fingerprint density at radius 1 is 1.29 bits per heavy atom. The average molecular weight is 397 g/mol. The number of piperidine rings is 1. The lowest BCUT2D eigenvalue weighted by molar-refractivity contribution is -0.136. The topological polar surface area (TPSA) is 72.6 Å². The first-order chi connectivity index (χ1) is 11.2. The third-order valence-electron chi connectivity index (χ3n) is 4.40. The smallest absolute Gasteiger partial charge is 0.260 e. The van der Waals surface area contributed by atoms with E-state index in [-0.39, 0.29) is 29.8 Å². The number of hydrogen-bond acceptors (Lipinski definition) is 3. The summed E-state index contributed by atoms with van der Waals surface area (Å²) in [5.74, 6) is 0.198. The first-order valence-electron chi connectivity index (χ1n) is 8.18. The zero-order chi connectivity index (χ0) is 17.9. The van der Waals surface area contributed by atoms with E-state index < -0.39 is 0 Å². The molecule has 1 aliphatic heterocycles. The molecule has 0 aromatic heterocycles. The van der Waals surface area contributed by atoms with Gasteiger partial charge in [-0.3, -0.25) is 9.59 Å². The molecule has 0 saturated carbocycles. The van der Waals surface area contributed by atoms with Crippen molar-refractivity contribution in [3.63, 3.8) is 0 Å². The van der Waals surface area contributed by atoms with Gasteiger partial charge >= 0.3 is 0 Å². The van der Waals surface area contributed by atoms with E-state index in [4.69, 9.17) is 10.5 Å². The standard InChI is InChI=1S/C18H25BrN2O3/c1-18(2,3)13-4-5-15(14(19)10-13)24-11-16(22)21-8-6-12(7-9-21)17(20)23/h4-5,10,12H,6-9,11H2,1-3H3,(H2,20,23). The third kappa shape index (κ3) is 4.72. The fourth-order valence-corrected chi connectivity index (χ4v) is 3.22. The summed E-state index contributed by atoms with van der Waals surface area (Å²) in [6, 6.07) is 5.93. The van der Waals surface area contributed by atoms with Crippen molar-refractivity contribution in [1.82, 2.24) is 4.90 Å². The highest BCUT2D eigenvalue weighted by molar-refractivity contribution is 9.10. The quantitative estimate of drug-likeness (QED) is 0.849. The molecule has 1 saturated heterocycles. The number of carbonyl (C=O) groups excluding carboxylic acids is 2. The van der Waals surface area contributed by atoms with Crippen LogP contribution in [0.1, 0.15) is 39.2 Å². The number of primary amides is 1. The Balaban J connectivity index is 1.89. The average Bonchev–Trinajstić information content (AvgIpc) is 2.52. The summed E-state index contributed by atoms with van der Waals surface area (Å²) in [5, 5.41) is 0. The largest absolute Gasteiger partial charge is 0.483 e. The van der Waals surface area contributed by atoms with E-state index in [0.29, 0.717) is 31.7 Å². The molecular weight excluding hydrogens is 372 g/mol. The summed E-state index contributed by atoms with van der Waals surface area (Å²) in [4.78, 5) is 25.2. The molecule has 1 fully saturated rings. The normalized spacial score (nSPS) is 16.1. The third-order valence-corrected chi connectivity index (χ3v) is 5.02. The van der Waals surface area contributed by atoms with Crippen molar-refractivity contribution >= 4 is 27.7 Å². The molecule has 2 amide bonds. The van der Waals surface area contributed by atoms with Crippen molar-refractivity contribution < 1.29 is 14.3 Å². The van der Waals surface area contributed by atoms with Gasteiger partial charge in [0.1, 0.15) is 5.75 Å². The molecule has 0 spiro atoms. The first-order valence-corrected chi connectivity index (χ1v) is 8.97. The zero-order valence-corrected chi connectivity index (χ0v) is 16.1. The number of nitrogens with zero attached hydrogens (tertiary/aromatic N) is 1. The van der Waals surface area contributed by atoms with E-state index in [9.17, 15) is 9.59 Å². The number of hydrogen-bond donors (Lipinski definition) is 1. The van der Waals surface area contributed by atoms with Crippen LogP contribution in [0.5, 0.6) is 5.75 Å². The number of carbonyl (C=O) groups is 2. The van der Waals surface area contributed by atoms with Crippen LogP contribution in [-0.2, 0) is 15.0 Å². The molecule has 132 valence electrons. The lowest BCUT2D eigenvalue weighted by atomic mass is 9.87. The molecule has 0 unspecified atom stereocenters. The second-order valence-electron chi connectivity index (χ2n) is 7.24. The molecule has 2 rings (SSSR count). The Hall–Kier alpha value is -1.56. The molecule has 2 N–H and O–H groups in total. The first kappa shape index (κ1) is 18.8. The summed E-state index contributed by atoms with van der Waals surface area (Å²) >= 11 is 3.51. The molecule has 0 atom stereocenters. The van der Waals surface area contributed by atoms with Gasteiger partial charge in [0.05, 0.1) is 4.47 Å². The van der Waals surface area contributed by atoms with Crippen molar-refractivity contribution in [1.29, 1.82) is 0 Å². The minimum Gasteiger partial charge on any atom is -0.483 e. The summed E-state index contributed by atoms with van der Waals surface area (Å²) in [6.07, 6.45) is 1.26. The van der Waals surface area contributed by atoms with Gasteiger partial charge < -0.3 is 15.4 Å². The summed E-state index contributed by atoms with van der Waals surface area (Å²) in [6.45, 7) is 7.55. The maximum absolute atomic E-state index is 12.3. The number of likely N-dealkylation sites (tertiary alicyclic amines) is 1. The van der Waals surface area contributed by atoms with Gasteiger partial charge in [0.15, 0.2) is 6.61 Å². The van der Waals surface area contributed by atoms with Gasteiger partial charge in [-0.1, -0.05) is 26.8 Å². The molecule has 0 bridgehead atoms. The molecule has 6 heteroatoms. The van der Waals surface area contributed by atoms with Gasteiger partial charge in [0.2, 0.25) is 5.91 Å². The lowest BCUT2D eigenvalue weighted by Crippen LogP contribution is -2.43. The molecule has 24 heavy (non-hydrogen) atoms. The Labute approximate surface area is 151 Å². The van der Waals surface area contributed by atoms with E-state index >= 15 is 0 Å². The monoisotopic (exact) mass is 396 g/mol. The minimum absolute atomic E-state index is 0.00526. The van der Waals surface area contributed by atoms with Gasteiger partial charge in [-0.2, -0.15) is 0 Å². The van der Waals surface area contributed by atoms with E-state index in [0.717, 1.165) is 4.47 Å². The second kappa shape index (κ2) is 7.55. The Kier molecular flexibility index (Phi) is 5.91. The Morgan fingerprint density at radius 3 is 2.42 bits per heavy atom. The highest BCUT2D eigenvalue weighted by Gasteiger charge is 2.26. The van der Waals surface area contributed by atoms with E-state index in [1.165, 1.54) is 5.56 Å². The second-order valence-corrected chi connectivity index (χ2v) is 8.10. The number of amides is 2. The van der Waals surface area contributed by atoms with Crippen molar-refractivity contribution in [2.75, 3.05) is 19.7 Å². The summed E-state index contributed by atoms with van der Waals surface area (Å²) in [5.41, 5.74) is 6.56. The number of nitrogens with two attached hydrogens (primary N) is 1. The molecule has 0 radical (unpaired) electrons. The van der Waals surface area contributed by atoms with Gasteiger partial charge in [-0.05, 0) is 51.9 Å². The van der Waals surface area contributed by atoms with Gasteiger partial charge in [0.25, 0.3) is 5.91 Å². The van der Waals surface area contributed by atoms with E-state index in [2.05, 4.69) is 36.7 Å². The zero-order valence-electron chi connectivity index (χ0n) is 14.5. The number of benzene rings is 1. The SMILES string of the molecule is CC(C)(C)c1ccc(OCC(=O)N2CCC(C(N)=O)CC2)c(Br)c1. The van der Waals surface area contributed by atoms with Crippen LogP contribution in [0.25, 0.3) is 0 Å². The van der Waals surface area contributed by atoms with Crippen molar-refractivity contribution in [2.45, 2.75) is 39.0 Å². The predicted octanol–water partition coefficient (Wildman–Crippen LogP) is 2.85. The van der Waals surface area contributed by atoms with Crippen LogP contribution >= 0.6 is 15.9 Å². The van der Waals surface area contributed by atoms with Crippen LogP contribution in [0, 0.1) is 5.92 Å². The minimum atomic E-state index is -0.277. The van der Waals surface area contributed by atoms with E-state index in [1.807, 2.05) is 18.2 Å². The number of rotatable bonds is 4. The molecule has 1 aliphatic rings. The summed E-state index contributed by atoms with van der Waals surface area (Å²) in [7, 11) is 0. The Bertz CT molecular complexity index is 617. The molecular formula is C18H25BrN2O3. The molecule has 5 nitrogen and oxygen atoms in total. The lowest BCUT2D eigenvalue weighted by Gasteiger charge is -2.30.